The Labute approximate surface area is 441 Å². The Morgan fingerprint density at radius 1 is 0.961 bits per heavy atom. The van der Waals surface area contributed by atoms with Gasteiger partial charge in [0.25, 0.3) is 11.5 Å². The van der Waals surface area contributed by atoms with Crippen LogP contribution >= 0.6 is 0 Å². The molecule has 77 heavy (non-hydrogen) atoms. The summed E-state index contributed by atoms with van der Waals surface area (Å²) in [5.74, 6) is -1.70. The number of pyridine rings is 1. The number of alkyl halides is 6. The predicted octanol–water partition coefficient (Wildman–Crippen LogP) is 7.98. The van der Waals surface area contributed by atoms with Gasteiger partial charge in [0.1, 0.15) is 22.2 Å². The van der Waals surface area contributed by atoms with E-state index in [9.17, 15) is 54.3 Å². The van der Waals surface area contributed by atoms with Gasteiger partial charge in [-0.1, -0.05) is 20.4 Å². The summed E-state index contributed by atoms with van der Waals surface area (Å²) in [6.07, 6.45) is -3.56. The van der Waals surface area contributed by atoms with Gasteiger partial charge < -0.3 is 39.4 Å². The quantitative estimate of drug-likeness (QED) is 0.0762. The van der Waals surface area contributed by atoms with Gasteiger partial charge in [0.05, 0.1) is 23.7 Å². The Balaban J connectivity index is 0.896. The van der Waals surface area contributed by atoms with Crippen molar-refractivity contribution in [2.45, 2.75) is 108 Å². The first-order valence-electron chi connectivity index (χ1n) is 25.1. The zero-order valence-electron chi connectivity index (χ0n) is 43.3. The summed E-state index contributed by atoms with van der Waals surface area (Å²) in [5.41, 5.74) is 5.44. The molecule has 1 atom stereocenters. The Morgan fingerprint density at radius 3 is 2.35 bits per heavy atom. The number of benzene rings is 2. The maximum absolute atomic E-state index is 14.1. The first-order valence-corrected chi connectivity index (χ1v) is 26.6. The van der Waals surface area contributed by atoms with Gasteiger partial charge in [0.15, 0.2) is 20.4 Å². The zero-order chi connectivity index (χ0) is 55.7. The van der Waals surface area contributed by atoms with Crippen molar-refractivity contribution in [3.63, 3.8) is 0 Å². The molecule has 9 rings (SSSR count). The number of nitrogens with zero attached hydrogens (tertiary/aromatic N) is 8. The summed E-state index contributed by atoms with van der Waals surface area (Å²) >= 11 is 0. The van der Waals surface area contributed by atoms with Crippen LogP contribution in [0.2, 0.25) is 0 Å². The van der Waals surface area contributed by atoms with Crippen LogP contribution < -0.4 is 35.6 Å². The van der Waals surface area contributed by atoms with E-state index < -0.39 is 55.8 Å². The van der Waals surface area contributed by atoms with Gasteiger partial charge in [-0.15, -0.1) is 13.2 Å². The predicted molar refractivity (Wildman–Crippen MR) is 279 cm³/mol. The summed E-state index contributed by atoms with van der Waals surface area (Å²) in [6, 6.07) is 11.6. The van der Waals surface area contributed by atoms with Gasteiger partial charge in [0, 0.05) is 112 Å². The van der Waals surface area contributed by atoms with Crippen LogP contribution in [0.3, 0.4) is 0 Å². The van der Waals surface area contributed by atoms with E-state index in [1.165, 1.54) is 21.9 Å². The lowest BCUT2D eigenvalue weighted by atomic mass is 9.90. The van der Waals surface area contributed by atoms with Gasteiger partial charge in [-0.25, -0.2) is 18.4 Å². The molecule has 2 fully saturated rings. The number of aryl methyl sites for hydroxylation is 1. The van der Waals surface area contributed by atoms with Crippen LogP contribution in [-0.2, 0) is 47.7 Å². The van der Waals surface area contributed by atoms with Gasteiger partial charge >= 0.3 is 12.5 Å². The number of anilines is 6. The van der Waals surface area contributed by atoms with Crippen molar-refractivity contribution in [3.05, 3.63) is 106 Å². The first-order chi connectivity index (χ1) is 36.1. The molecule has 0 spiro atoms. The summed E-state index contributed by atoms with van der Waals surface area (Å²) in [6.45, 7) is 13.7. The second-order valence-corrected chi connectivity index (χ2v) is 23.8. The van der Waals surface area contributed by atoms with Crippen LogP contribution in [0.4, 0.5) is 60.7 Å². The number of rotatable bonds is 13. The number of piperazine rings is 1. The number of fused-ring (bicyclic) bond motifs is 3. The number of amides is 2. The third-order valence-corrected chi connectivity index (χ3v) is 17.7. The lowest BCUT2D eigenvalue weighted by Crippen LogP contribution is -2.57. The zero-order valence-corrected chi connectivity index (χ0v) is 44.2. The molecular weight excluding hydrogens is 1030 g/mol. The van der Waals surface area contributed by atoms with E-state index in [-0.39, 0.29) is 34.9 Å². The Kier molecular flexibility index (Phi) is 14.3. The highest BCUT2D eigenvalue weighted by Crippen LogP contribution is 2.45. The highest BCUT2D eigenvalue weighted by molar-refractivity contribution is 7.93. The van der Waals surface area contributed by atoms with Crippen LogP contribution in [0.5, 0.6) is 5.75 Å². The van der Waals surface area contributed by atoms with Crippen molar-refractivity contribution in [2.24, 2.45) is 12.5 Å². The molecule has 2 aromatic carbocycles. The largest absolute Gasteiger partial charge is 0.573 e. The molecule has 0 saturated carbocycles. The topological polar surface area (TPSA) is 187 Å². The van der Waals surface area contributed by atoms with Crippen molar-refractivity contribution in [1.29, 1.82) is 0 Å². The van der Waals surface area contributed by atoms with Crippen molar-refractivity contribution < 1.29 is 54.2 Å². The molecule has 1 aliphatic carbocycles. The molecule has 3 aromatic heterocycles. The van der Waals surface area contributed by atoms with E-state index in [4.69, 9.17) is 4.98 Å². The monoisotopic (exact) mass is 1090 g/mol. The molecule has 5 aromatic rings. The van der Waals surface area contributed by atoms with Gasteiger partial charge in [0.2, 0.25) is 5.91 Å². The van der Waals surface area contributed by atoms with E-state index >= 15 is 0 Å². The molecule has 0 unspecified atom stereocenters. The molecule has 0 radical (unpaired) electrons. The average Bonchev–Trinajstić information content (AvgIpc) is 3.98. The Bertz CT molecular complexity index is 3330. The van der Waals surface area contributed by atoms with Crippen LogP contribution in [0.15, 0.2) is 83.3 Å². The van der Waals surface area contributed by atoms with E-state index in [0.29, 0.717) is 118 Å². The van der Waals surface area contributed by atoms with Gasteiger partial charge in [-0.2, -0.15) is 13.2 Å². The number of carbonyl (C=O) groups is 2. The number of aliphatic hydroxyl groups excluding tert-OH is 1. The highest BCUT2D eigenvalue weighted by atomic mass is 32.2. The number of aromatic nitrogens is 4. The lowest BCUT2D eigenvalue weighted by Gasteiger charge is -2.47. The number of nitrogens with one attached hydrogen (secondary N) is 2. The van der Waals surface area contributed by atoms with Crippen LogP contribution in [-0.4, -0.2) is 118 Å². The molecular formula is C53H60F6N10O7S. The number of hydrogen-bond acceptors (Lipinski definition) is 13. The second kappa shape index (κ2) is 20.1. The standard InChI is InChI=1S/C53H60F6N10O7S/c1-8-45(71)62-38-24-33(61-46-49(73)64(7)29-39(63-46)36-13-16-60-47(37(36)30-70)69-22-21-68-41(48(69)72)23-32-26-50(3,4)27-42(32)68)9-11-40(38)67-20-19-66(28-31(67)2)34-14-17-65(18-15-34)35-10-12-44(43(25-35)76-53(57,58)59)77(74,75)51(5,6)52(54,55)56/h8-13,16,23-25,29,31,34,70H,1,14-15,17-22,26-28,30H2,2-7H3,(H,61,63)(H,62,71)/t31-/m0/s1. The van der Waals surface area contributed by atoms with E-state index in [2.05, 4.69) is 55.1 Å². The van der Waals surface area contributed by atoms with E-state index in [1.54, 1.807) is 47.4 Å². The fraction of sp³-hybridized carbons (Fsp3) is 0.453. The molecule has 24 heteroatoms. The summed E-state index contributed by atoms with van der Waals surface area (Å²) < 4.78 is 112. The fourth-order valence-electron chi connectivity index (χ4n) is 11.0. The summed E-state index contributed by atoms with van der Waals surface area (Å²) in [5, 5.41) is 16.9. The minimum Gasteiger partial charge on any atom is -0.404 e. The third-order valence-electron chi connectivity index (χ3n) is 15.2. The molecule has 0 bridgehead atoms. The number of carbonyl (C=O) groups excluding carboxylic acids is 2. The fourth-order valence-corrected chi connectivity index (χ4v) is 12.5. The third kappa shape index (κ3) is 10.5. The minimum atomic E-state index is -5.39. The smallest absolute Gasteiger partial charge is 0.404 e. The van der Waals surface area contributed by atoms with Crippen LogP contribution in [0.25, 0.3) is 11.3 Å². The number of aliphatic hydroxyl groups is 1. The van der Waals surface area contributed by atoms with Gasteiger partial charge in [-0.3, -0.25) is 24.2 Å². The molecule has 6 heterocycles. The first kappa shape index (κ1) is 54.9. The summed E-state index contributed by atoms with van der Waals surface area (Å²) in [7, 11) is -3.82. The van der Waals surface area contributed by atoms with Crippen LogP contribution in [0, 0.1) is 5.41 Å². The van der Waals surface area contributed by atoms with E-state index in [1.807, 2.05) is 19.1 Å². The molecule has 3 N–H and O–H groups in total. The molecule has 3 aliphatic heterocycles. The number of sulfone groups is 1. The molecule has 2 saturated heterocycles. The number of piperidine rings is 1. The minimum absolute atomic E-state index is 0.0486. The maximum Gasteiger partial charge on any atom is 0.573 e. The number of hydrogen-bond donors (Lipinski definition) is 3. The van der Waals surface area contributed by atoms with Crippen molar-refractivity contribution in [3.8, 4) is 17.0 Å². The SMILES string of the molecule is C=CC(=O)Nc1cc(Nc2nc(-c3ccnc(N4CCn5c(cc6c5CC(C)(C)C6)C4=O)c3CO)cn(C)c2=O)ccc1N1CCN(C2CCN(c3ccc(S(=O)(=O)C(C)(C)C(F)(F)F)c(OC(F)(F)F)c3)CC2)C[C@@H]1C. The van der Waals surface area contributed by atoms with E-state index in [0.717, 1.165) is 31.1 Å². The average molecular weight is 1100 g/mol. The molecule has 412 valence electrons. The molecule has 17 nitrogen and oxygen atoms in total. The van der Waals surface area contributed by atoms with Crippen LogP contribution in [0.1, 0.15) is 74.8 Å². The van der Waals surface area contributed by atoms with Crippen molar-refractivity contribution in [1.82, 2.24) is 24.0 Å². The Morgan fingerprint density at radius 2 is 1.69 bits per heavy atom. The lowest BCUT2D eigenvalue weighted by molar-refractivity contribution is -0.275. The summed E-state index contributed by atoms with van der Waals surface area (Å²) in [4.78, 5) is 56.5. The van der Waals surface area contributed by atoms with Crippen molar-refractivity contribution >= 4 is 56.0 Å². The van der Waals surface area contributed by atoms with Crippen molar-refractivity contribution in [2.75, 3.05) is 64.6 Å². The maximum atomic E-state index is 14.1. The molecule has 2 amide bonds. The van der Waals surface area contributed by atoms with Gasteiger partial charge in [-0.05, 0) is 106 Å². The Hall–Kier alpha value is -6.92. The molecule has 4 aliphatic rings. The second-order valence-electron chi connectivity index (χ2n) is 21.3. The highest BCUT2D eigenvalue weighted by Gasteiger charge is 2.58. The number of halogens is 6. The normalized spacial score (nSPS) is 18.5. The number of ether oxygens (including phenoxy) is 1.